The van der Waals surface area contributed by atoms with Crippen LogP contribution < -0.4 is 11.1 Å². The van der Waals surface area contributed by atoms with Crippen LogP contribution in [0.3, 0.4) is 0 Å². The monoisotopic (exact) mass is 363 g/mol. The van der Waals surface area contributed by atoms with Crippen molar-refractivity contribution < 1.29 is 0 Å². The largest absolute Gasteiger partial charge is 0.370 e. The van der Waals surface area contributed by atoms with Crippen LogP contribution in [-0.2, 0) is 13.6 Å². The van der Waals surface area contributed by atoms with Gasteiger partial charge in [-0.1, -0.05) is 19.3 Å². The molecule has 0 unspecified atom stereocenters. The zero-order chi connectivity index (χ0) is 12.1. The smallest absolute Gasteiger partial charge is 0.189 e. The molecule has 102 valence electrons. The number of nitrogens with one attached hydrogen (secondary N) is 1. The second-order valence-corrected chi connectivity index (χ2v) is 4.70. The minimum atomic E-state index is 0. The fraction of sp³-hybridized carbons (Fsp3) is 0.667. The molecule has 1 fully saturated rings. The molecule has 0 spiro atoms. The Bertz CT molecular complexity index is 382. The lowest BCUT2D eigenvalue weighted by molar-refractivity contribution is 0.412. The highest BCUT2D eigenvalue weighted by molar-refractivity contribution is 14.0. The van der Waals surface area contributed by atoms with Gasteiger partial charge >= 0.3 is 0 Å². The molecule has 1 aromatic heterocycles. The van der Waals surface area contributed by atoms with Crippen molar-refractivity contribution >= 4 is 29.9 Å². The van der Waals surface area contributed by atoms with Crippen LogP contribution in [0.15, 0.2) is 17.4 Å². The molecule has 2 rings (SSSR count). The average molecular weight is 363 g/mol. The maximum absolute atomic E-state index is 5.87. The Morgan fingerprint density at radius 2 is 2.22 bits per heavy atom. The van der Waals surface area contributed by atoms with Crippen LogP contribution in [0.25, 0.3) is 0 Å². The van der Waals surface area contributed by atoms with Gasteiger partial charge in [-0.3, -0.25) is 4.68 Å². The molecule has 0 aromatic carbocycles. The van der Waals surface area contributed by atoms with Gasteiger partial charge in [0.05, 0.1) is 12.7 Å². The molecule has 1 aliphatic rings. The van der Waals surface area contributed by atoms with Gasteiger partial charge in [0.25, 0.3) is 0 Å². The van der Waals surface area contributed by atoms with Crippen molar-refractivity contribution in [3.8, 4) is 0 Å². The summed E-state index contributed by atoms with van der Waals surface area (Å²) in [7, 11) is 1.90. The summed E-state index contributed by atoms with van der Waals surface area (Å²) >= 11 is 0. The van der Waals surface area contributed by atoms with Gasteiger partial charge in [0.2, 0.25) is 0 Å². The molecule has 1 saturated carbocycles. The summed E-state index contributed by atoms with van der Waals surface area (Å²) in [6.45, 7) is 0.597. The number of aromatic nitrogens is 2. The molecule has 5 nitrogen and oxygen atoms in total. The number of nitrogens with two attached hydrogens (primary N) is 1. The molecule has 0 aliphatic heterocycles. The standard InChI is InChI=1S/C12H21N5.HI/c1-17-9-10(8-15-17)7-14-12(13)16-11-5-3-2-4-6-11;/h8-9,11H,2-7H2,1H3,(H3,13,14,16);1H. The Kier molecular flexibility index (Phi) is 6.45. The zero-order valence-corrected chi connectivity index (χ0v) is 13.1. The van der Waals surface area contributed by atoms with Crippen molar-refractivity contribution in [2.75, 3.05) is 0 Å². The number of nitrogens with zero attached hydrogens (tertiary/aromatic N) is 3. The first kappa shape index (κ1) is 15.3. The van der Waals surface area contributed by atoms with Gasteiger partial charge < -0.3 is 11.1 Å². The van der Waals surface area contributed by atoms with E-state index in [4.69, 9.17) is 5.73 Å². The predicted octanol–water partition coefficient (Wildman–Crippen LogP) is 1.78. The van der Waals surface area contributed by atoms with E-state index in [0.29, 0.717) is 18.5 Å². The normalized spacial score (nSPS) is 17.3. The lowest BCUT2D eigenvalue weighted by Crippen LogP contribution is -2.41. The van der Waals surface area contributed by atoms with Crippen LogP contribution in [-0.4, -0.2) is 21.8 Å². The molecular formula is C12H22IN5. The van der Waals surface area contributed by atoms with Gasteiger partial charge in [0, 0.05) is 24.8 Å². The summed E-state index contributed by atoms with van der Waals surface area (Å²) in [5.41, 5.74) is 6.96. The summed E-state index contributed by atoms with van der Waals surface area (Å²) in [4.78, 5) is 4.33. The van der Waals surface area contributed by atoms with Gasteiger partial charge in [0.15, 0.2) is 5.96 Å². The number of halogens is 1. The van der Waals surface area contributed by atoms with E-state index < -0.39 is 0 Å². The van der Waals surface area contributed by atoms with Crippen LogP contribution in [0.2, 0.25) is 0 Å². The molecular weight excluding hydrogens is 341 g/mol. The van der Waals surface area contributed by atoms with Gasteiger partial charge in [-0.15, -0.1) is 24.0 Å². The number of aliphatic imine (C=N–C) groups is 1. The Labute approximate surface area is 125 Å². The fourth-order valence-corrected chi connectivity index (χ4v) is 2.23. The minimum absolute atomic E-state index is 0. The lowest BCUT2D eigenvalue weighted by atomic mass is 9.96. The summed E-state index contributed by atoms with van der Waals surface area (Å²) in [6.07, 6.45) is 10.1. The zero-order valence-electron chi connectivity index (χ0n) is 10.8. The highest BCUT2D eigenvalue weighted by atomic mass is 127. The highest BCUT2D eigenvalue weighted by Crippen LogP contribution is 2.17. The quantitative estimate of drug-likeness (QED) is 0.489. The van der Waals surface area contributed by atoms with Crippen molar-refractivity contribution in [3.05, 3.63) is 18.0 Å². The number of aryl methyl sites for hydroxylation is 1. The summed E-state index contributed by atoms with van der Waals surface area (Å²) < 4.78 is 1.77. The molecule has 1 heterocycles. The first-order chi connectivity index (χ1) is 8.24. The number of hydrogen-bond donors (Lipinski definition) is 2. The van der Waals surface area contributed by atoms with Gasteiger partial charge in [-0.2, -0.15) is 5.10 Å². The number of rotatable bonds is 3. The number of guanidine groups is 1. The van der Waals surface area contributed by atoms with Crippen LogP contribution in [0.5, 0.6) is 0 Å². The van der Waals surface area contributed by atoms with E-state index in [2.05, 4.69) is 15.4 Å². The van der Waals surface area contributed by atoms with E-state index in [1.165, 1.54) is 32.1 Å². The lowest BCUT2D eigenvalue weighted by Gasteiger charge is -2.23. The molecule has 6 heteroatoms. The Morgan fingerprint density at radius 1 is 1.50 bits per heavy atom. The molecule has 3 N–H and O–H groups in total. The van der Waals surface area contributed by atoms with E-state index in [9.17, 15) is 0 Å². The van der Waals surface area contributed by atoms with E-state index in [-0.39, 0.29) is 24.0 Å². The fourth-order valence-electron chi connectivity index (χ4n) is 2.23. The van der Waals surface area contributed by atoms with Crippen molar-refractivity contribution in [1.29, 1.82) is 0 Å². The second-order valence-electron chi connectivity index (χ2n) is 4.70. The third-order valence-electron chi connectivity index (χ3n) is 3.15. The highest BCUT2D eigenvalue weighted by Gasteiger charge is 2.13. The van der Waals surface area contributed by atoms with E-state index in [1.807, 2.05) is 19.4 Å². The molecule has 0 radical (unpaired) electrons. The SMILES string of the molecule is Cn1cc(CN=C(N)NC2CCCCC2)cn1.I. The van der Waals surface area contributed by atoms with Gasteiger partial charge in [-0.05, 0) is 12.8 Å². The van der Waals surface area contributed by atoms with E-state index in [1.54, 1.807) is 4.68 Å². The third-order valence-corrected chi connectivity index (χ3v) is 3.15. The Hall–Kier alpha value is -0.790. The predicted molar refractivity (Wildman–Crippen MR) is 84.0 cm³/mol. The van der Waals surface area contributed by atoms with Crippen molar-refractivity contribution in [2.24, 2.45) is 17.8 Å². The van der Waals surface area contributed by atoms with Crippen molar-refractivity contribution in [2.45, 2.75) is 44.7 Å². The average Bonchev–Trinajstić information content (AvgIpc) is 2.74. The van der Waals surface area contributed by atoms with Crippen LogP contribution in [0, 0.1) is 0 Å². The van der Waals surface area contributed by atoms with E-state index >= 15 is 0 Å². The molecule has 18 heavy (non-hydrogen) atoms. The molecule has 1 aromatic rings. The van der Waals surface area contributed by atoms with Crippen molar-refractivity contribution in [1.82, 2.24) is 15.1 Å². The molecule has 0 atom stereocenters. The number of hydrogen-bond acceptors (Lipinski definition) is 2. The van der Waals surface area contributed by atoms with E-state index in [0.717, 1.165) is 5.56 Å². The maximum Gasteiger partial charge on any atom is 0.189 e. The van der Waals surface area contributed by atoms with Crippen LogP contribution in [0.1, 0.15) is 37.7 Å². The van der Waals surface area contributed by atoms with Crippen LogP contribution >= 0.6 is 24.0 Å². The Balaban J connectivity index is 0.00000162. The topological polar surface area (TPSA) is 68.2 Å². The second kappa shape index (κ2) is 7.60. The molecule has 0 amide bonds. The third kappa shape index (κ3) is 4.83. The molecule has 0 saturated heterocycles. The summed E-state index contributed by atoms with van der Waals surface area (Å²) in [5.74, 6) is 0.556. The van der Waals surface area contributed by atoms with Crippen LogP contribution in [0.4, 0.5) is 0 Å². The molecule has 0 bridgehead atoms. The summed E-state index contributed by atoms with van der Waals surface area (Å²) in [6, 6.07) is 0.515. The Morgan fingerprint density at radius 3 is 2.83 bits per heavy atom. The first-order valence-corrected chi connectivity index (χ1v) is 6.28. The van der Waals surface area contributed by atoms with Crippen molar-refractivity contribution in [3.63, 3.8) is 0 Å². The molecule has 1 aliphatic carbocycles. The maximum atomic E-state index is 5.87. The van der Waals surface area contributed by atoms with Gasteiger partial charge in [-0.25, -0.2) is 4.99 Å². The first-order valence-electron chi connectivity index (χ1n) is 6.28. The summed E-state index contributed by atoms with van der Waals surface area (Å²) in [5, 5.41) is 7.39. The minimum Gasteiger partial charge on any atom is -0.370 e. The van der Waals surface area contributed by atoms with Gasteiger partial charge in [0.1, 0.15) is 0 Å².